The van der Waals surface area contributed by atoms with Crippen LogP contribution < -0.4 is 4.74 Å². The van der Waals surface area contributed by atoms with Crippen LogP contribution in [0.3, 0.4) is 0 Å². The standard InChI is InChI=1S/C21H27O3S/c1-16(15-25(5,22)23)18-11-12-20(19(13-18)21(2,3)4)24-14-17-9-7-6-8-10-17/h6-13,15-16H,14H2,1-5H3. The monoisotopic (exact) mass is 359 g/mol. The van der Waals surface area contributed by atoms with Crippen molar-refractivity contribution in [2.45, 2.75) is 45.6 Å². The SMILES string of the molecule is CC([CH]S(C)(=O)=O)c1ccc(OCc2ccccc2)c(C(C)(C)C)c1. The predicted octanol–water partition coefficient (Wildman–Crippen LogP) is 4.87. The molecule has 1 unspecified atom stereocenters. The van der Waals surface area contributed by atoms with Crippen molar-refractivity contribution < 1.29 is 13.2 Å². The molecule has 0 amide bonds. The van der Waals surface area contributed by atoms with E-state index in [0.717, 1.165) is 22.4 Å². The second kappa shape index (κ2) is 7.61. The summed E-state index contributed by atoms with van der Waals surface area (Å²) in [6, 6.07) is 16.0. The predicted molar refractivity (Wildman–Crippen MR) is 103 cm³/mol. The first-order valence-electron chi connectivity index (χ1n) is 8.42. The van der Waals surface area contributed by atoms with E-state index < -0.39 is 9.84 Å². The lowest BCUT2D eigenvalue weighted by atomic mass is 9.84. The number of hydrogen-bond acceptors (Lipinski definition) is 3. The van der Waals surface area contributed by atoms with Gasteiger partial charge < -0.3 is 4.74 Å². The quantitative estimate of drug-likeness (QED) is 0.739. The van der Waals surface area contributed by atoms with Gasteiger partial charge in [0.1, 0.15) is 12.4 Å². The normalized spacial score (nSPS) is 13.5. The topological polar surface area (TPSA) is 43.4 Å². The highest BCUT2D eigenvalue weighted by Crippen LogP contribution is 2.35. The summed E-state index contributed by atoms with van der Waals surface area (Å²) >= 11 is 0. The third-order valence-corrected chi connectivity index (χ3v) is 4.93. The Hall–Kier alpha value is -1.81. The molecule has 1 atom stereocenters. The summed E-state index contributed by atoms with van der Waals surface area (Å²) < 4.78 is 29.1. The van der Waals surface area contributed by atoms with Gasteiger partial charge in [0.15, 0.2) is 9.84 Å². The number of ether oxygens (including phenoxy) is 1. The molecule has 1 radical (unpaired) electrons. The van der Waals surface area contributed by atoms with Gasteiger partial charge in [-0.2, -0.15) is 0 Å². The highest BCUT2D eigenvalue weighted by atomic mass is 32.2. The lowest BCUT2D eigenvalue weighted by Gasteiger charge is -2.25. The average Bonchev–Trinajstić information content (AvgIpc) is 2.51. The van der Waals surface area contributed by atoms with Crippen LogP contribution in [0.1, 0.15) is 50.3 Å². The van der Waals surface area contributed by atoms with Crippen LogP contribution in [-0.4, -0.2) is 14.7 Å². The second-order valence-corrected chi connectivity index (χ2v) is 9.47. The Labute approximate surface area is 152 Å². The van der Waals surface area contributed by atoms with E-state index in [0.29, 0.717) is 6.61 Å². The molecule has 0 N–H and O–H groups in total. The van der Waals surface area contributed by atoms with Crippen LogP contribution in [-0.2, 0) is 21.9 Å². The molecule has 0 aliphatic rings. The van der Waals surface area contributed by atoms with Gasteiger partial charge in [-0.15, -0.1) is 0 Å². The minimum atomic E-state index is -3.13. The van der Waals surface area contributed by atoms with E-state index in [1.54, 1.807) is 0 Å². The molecule has 0 fully saturated rings. The summed E-state index contributed by atoms with van der Waals surface area (Å²) in [5.41, 5.74) is 3.06. The summed E-state index contributed by atoms with van der Waals surface area (Å²) in [7, 11) is -3.13. The zero-order valence-electron chi connectivity index (χ0n) is 15.6. The van der Waals surface area contributed by atoms with Crippen LogP contribution in [0.15, 0.2) is 48.5 Å². The molecule has 0 aliphatic carbocycles. The van der Waals surface area contributed by atoms with Crippen molar-refractivity contribution in [1.82, 2.24) is 0 Å². The largest absolute Gasteiger partial charge is 0.489 e. The van der Waals surface area contributed by atoms with E-state index in [1.807, 2.05) is 49.4 Å². The van der Waals surface area contributed by atoms with Gasteiger partial charge in [0.05, 0.1) is 5.75 Å². The maximum absolute atomic E-state index is 11.5. The molecule has 0 aromatic heterocycles. The Morgan fingerprint density at radius 3 is 2.28 bits per heavy atom. The molecule has 0 spiro atoms. The summed E-state index contributed by atoms with van der Waals surface area (Å²) in [4.78, 5) is 0. The Bertz CT molecular complexity index is 803. The van der Waals surface area contributed by atoms with Crippen molar-refractivity contribution >= 4 is 9.84 Å². The van der Waals surface area contributed by atoms with Crippen molar-refractivity contribution in [3.05, 3.63) is 71.0 Å². The van der Waals surface area contributed by atoms with E-state index in [9.17, 15) is 8.42 Å². The van der Waals surface area contributed by atoms with Crippen molar-refractivity contribution in [2.75, 3.05) is 6.26 Å². The zero-order chi connectivity index (χ0) is 18.7. The van der Waals surface area contributed by atoms with Gasteiger partial charge in [-0.1, -0.05) is 70.2 Å². The number of benzene rings is 2. The summed E-state index contributed by atoms with van der Waals surface area (Å²) in [6.45, 7) is 8.80. The molecular formula is C21H27O3S. The highest BCUT2D eigenvalue weighted by Gasteiger charge is 2.22. The highest BCUT2D eigenvalue weighted by molar-refractivity contribution is 7.92. The molecule has 3 nitrogen and oxygen atoms in total. The van der Waals surface area contributed by atoms with Crippen molar-refractivity contribution in [1.29, 1.82) is 0 Å². The molecule has 4 heteroatoms. The van der Waals surface area contributed by atoms with Crippen molar-refractivity contribution in [2.24, 2.45) is 0 Å². The summed E-state index contributed by atoms with van der Waals surface area (Å²) in [5, 5.41) is 0. The third-order valence-electron chi connectivity index (χ3n) is 4.03. The smallest absolute Gasteiger partial charge is 0.152 e. The maximum Gasteiger partial charge on any atom is 0.152 e. The number of sulfone groups is 1. The van der Waals surface area contributed by atoms with Gasteiger partial charge in [-0.05, 0) is 34.1 Å². The second-order valence-electron chi connectivity index (χ2n) is 7.53. The molecule has 0 heterocycles. The Kier molecular flexibility index (Phi) is 5.94. The zero-order valence-corrected chi connectivity index (χ0v) is 16.4. The summed E-state index contributed by atoms with van der Waals surface area (Å²) in [5.74, 6) is 2.06. The number of hydrogen-bond donors (Lipinski definition) is 0. The molecule has 0 saturated carbocycles. The van der Waals surface area contributed by atoms with Crippen LogP contribution in [0.2, 0.25) is 0 Å². The van der Waals surface area contributed by atoms with Gasteiger partial charge in [0.2, 0.25) is 0 Å². The first-order valence-corrected chi connectivity index (χ1v) is 10.4. The molecule has 0 saturated heterocycles. The fourth-order valence-corrected chi connectivity index (χ4v) is 3.63. The first kappa shape index (κ1) is 19.5. The molecule has 2 aromatic carbocycles. The van der Waals surface area contributed by atoms with Gasteiger partial charge in [-0.3, -0.25) is 0 Å². The van der Waals surface area contributed by atoms with Gasteiger partial charge in [0.25, 0.3) is 0 Å². The first-order chi connectivity index (χ1) is 11.6. The minimum absolute atomic E-state index is 0.104. The Morgan fingerprint density at radius 1 is 1.08 bits per heavy atom. The lowest BCUT2D eigenvalue weighted by Crippen LogP contribution is -2.15. The van der Waals surface area contributed by atoms with E-state index in [-0.39, 0.29) is 11.3 Å². The maximum atomic E-state index is 11.5. The van der Waals surface area contributed by atoms with E-state index in [1.165, 1.54) is 12.0 Å². The molecule has 2 rings (SSSR count). The van der Waals surface area contributed by atoms with Crippen LogP contribution >= 0.6 is 0 Å². The lowest BCUT2D eigenvalue weighted by molar-refractivity contribution is 0.297. The fourth-order valence-electron chi connectivity index (χ4n) is 2.73. The Morgan fingerprint density at radius 2 is 1.72 bits per heavy atom. The van der Waals surface area contributed by atoms with Crippen molar-refractivity contribution in [3.8, 4) is 5.75 Å². The van der Waals surface area contributed by atoms with Gasteiger partial charge in [-0.25, -0.2) is 8.42 Å². The Balaban J connectivity index is 2.28. The van der Waals surface area contributed by atoms with Gasteiger partial charge in [0, 0.05) is 6.26 Å². The molecule has 2 aromatic rings. The van der Waals surface area contributed by atoms with E-state index in [4.69, 9.17) is 4.74 Å². The van der Waals surface area contributed by atoms with Crippen LogP contribution in [0.4, 0.5) is 0 Å². The molecule has 135 valence electrons. The van der Waals surface area contributed by atoms with Crippen LogP contribution in [0.25, 0.3) is 0 Å². The summed E-state index contributed by atoms with van der Waals surface area (Å²) in [6.07, 6.45) is 1.23. The van der Waals surface area contributed by atoms with Crippen LogP contribution in [0, 0.1) is 5.75 Å². The van der Waals surface area contributed by atoms with E-state index >= 15 is 0 Å². The van der Waals surface area contributed by atoms with Crippen molar-refractivity contribution in [3.63, 3.8) is 0 Å². The molecule has 25 heavy (non-hydrogen) atoms. The molecular weight excluding hydrogens is 332 g/mol. The van der Waals surface area contributed by atoms with E-state index in [2.05, 4.69) is 26.8 Å². The third kappa shape index (κ3) is 5.89. The number of rotatable bonds is 6. The minimum Gasteiger partial charge on any atom is -0.489 e. The van der Waals surface area contributed by atoms with Gasteiger partial charge >= 0.3 is 0 Å². The molecule has 0 aliphatic heterocycles. The molecule has 0 bridgehead atoms. The van der Waals surface area contributed by atoms with Crippen LogP contribution in [0.5, 0.6) is 5.75 Å². The fraction of sp³-hybridized carbons (Fsp3) is 0.381. The average molecular weight is 360 g/mol.